The number of hydrogen-bond donors (Lipinski definition) is 1. The van der Waals surface area contributed by atoms with E-state index in [9.17, 15) is 4.79 Å². The summed E-state index contributed by atoms with van der Waals surface area (Å²) in [6.45, 7) is 3.08. The van der Waals surface area contributed by atoms with Crippen LogP contribution in [0.4, 0.5) is 0 Å². The van der Waals surface area contributed by atoms with Crippen LogP contribution in [0, 0.1) is 0 Å². The van der Waals surface area contributed by atoms with Crippen LogP contribution in [-0.2, 0) is 6.61 Å². The van der Waals surface area contributed by atoms with E-state index in [1.165, 1.54) is 19.3 Å². The fraction of sp³-hybridized carbons (Fsp3) is 0.320. The largest absolute Gasteiger partial charge is 0.489 e. The Morgan fingerprint density at radius 3 is 2.43 bits per heavy atom. The van der Waals surface area contributed by atoms with E-state index in [2.05, 4.69) is 10.2 Å². The second-order valence-corrected chi connectivity index (χ2v) is 7.64. The predicted octanol–water partition coefficient (Wildman–Crippen LogP) is 4.82. The third-order valence-electron chi connectivity index (χ3n) is 5.52. The van der Waals surface area contributed by atoms with Gasteiger partial charge in [-0.15, -0.1) is 0 Å². The van der Waals surface area contributed by atoms with E-state index in [-0.39, 0.29) is 11.9 Å². The number of ether oxygens (including phenoxy) is 1. The minimum Gasteiger partial charge on any atom is -0.489 e. The molecular weight excluding hydrogens is 376 g/mol. The Labute approximate surface area is 177 Å². The molecule has 0 saturated carbocycles. The first-order chi connectivity index (χ1) is 14.8. The van der Waals surface area contributed by atoms with E-state index in [0.29, 0.717) is 18.7 Å². The highest BCUT2D eigenvalue weighted by Gasteiger charge is 2.25. The Hall–Kier alpha value is -3.05. The number of nitrogens with zero attached hydrogens (tertiary/aromatic N) is 1. The molecule has 5 heteroatoms. The van der Waals surface area contributed by atoms with Crippen LogP contribution in [0.1, 0.15) is 47.0 Å². The zero-order chi connectivity index (χ0) is 20.6. The lowest BCUT2D eigenvalue weighted by Gasteiger charge is -2.33. The Morgan fingerprint density at radius 2 is 1.73 bits per heavy atom. The fourth-order valence-corrected chi connectivity index (χ4v) is 3.85. The summed E-state index contributed by atoms with van der Waals surface area (Å²) < 4.78 is 11.4. The van der Waals surface area contributed by atoms with Crippen molar-refractivity contribution in [3.63, 3.8) is 0 Å². The van der Waals surface area contributed by atoms with Gasteiger partial charge in [-0.3, -0.25) is 9.69 Å². The van der Waals surface area contributed by atoms with Crippen molar-refractivity contribution < 1.29 is 13.9 Å². The van der Waals surface area contributed by atoms with Crippen molar-refractivity contribution in [1.29, 1.82) is 0 Å². The number of benzene rings is 2. The summed E-state index contributed by atoms with van der Waals surface area (Å²) in [5.74, 6) is 1.67. The molecule has 1 aliphatic rings. The number of piperidine rings is 1. The zero-order valence-corrected chi connectivity index (χ0v) is 17.1. The maximum absolute atomic E-state index is 12.7. The molecule has 1 N–H and O–H groups in total. The summed E-state index contributed by atoms with van der Waals surface area (Å²) in [4.78, 5) is 15.1. The highest BCUT2D eigenvalue weighted by atomic mass is 16.5. The molecule has 1 saturated heterocycles. The first kappa shape index (κ1) is 20.2. The molecule has 2 heterocycles. The van der Waals surface area contributed by atoms with Gasteiger partial charge >= 0.3 is 0 Å². The fourth-order valence-electron chi connectivity index (χ4n) is 3.85. The minimum atomic E-state index is -0.0703. The third kappa shape index (κ3) is 5.30. The molecule has 1 amide bonds. The van der Waals surface area contributed by atoms with Gasteiger partial charge in [-0.05, 0) is 67.9 Å². The lowest BCUT2D eigenvalue weighted by Crippen LogP contribution is -2.40. The summed E-state index contributed by atoms with van der Waals surface area (Å²) in [7, 11) is 0. The van der Waals surface area contributed by atoms with E-state index in [0.717, 1.165) is 30.2 Å². The average molecular weight is 405 g/mol. The molecule has 1 atom stereocenters. The van der Waals surface area contributed by atoms with Gasteiger partial charge in [-0.1, -0.05) is 36.8 Å². The Kier molecular flexibility index (Phi) is 6.83. The van der Waals surface area contributed by atoms with Crippen molar-refractivity contribution in [3.8, 4) is 5.75 Å². The highest BCUT2D eigenvalue weighted by Crippen LogP contribution is 2.24. The second kappa shape index (κ2) is 10.1. The van der Waals surface area contributed by atoms with Gasteiger partial charge in [-0.25, -0.2) is 0 Å². The maximum atomic E-state index is 12.7. The van der Waals surface area contributed by atoms with Gasteiger partial charge in [-0.2, -0.15) is 0 Å². The molecule has 0 bridgehead atoms. The van der Waals surface area contributed by atoms with Crippen LogP contribution in [0.15, 0.2) is 77.4 Å². The Morgan fingerprint density at radius 1 is 0.967 bits per heavy atom. The van der Waals surface area contributed by atoms with E-state index in [1.54, 1.807) is 6.26 Å². The van der Waals surface area contributed by atoms with Crippen molar-refractivity contribution in [3.05, 3.63) is 89.9 Å². The van der Waals surface area contributed by atoms with E-state index in [4.69, 9.17) is 9.15 Å². The van der Waals surface area contributed by atoms with Gasteiger partial charge in [0.15, 0.2) is 0 Å². The van der Waals surface area contributed by atoms with Crippen LogP contribution >= 0.6 is 0 Å². The van der Waals surface area contributed by atoms with Crippen molar-refractivity contribution in [2.24, 2.45) is 0 Å². The first-order valence-electron chi connectivity index (χ1n) is 10.6. The highest BCUT2D eigenvalue weighted by molar-refractivity contribution is 5.94. The summed E-state index contributed by atoms with van der Waals surface area (Å²) in [5.41, 5.74) is 1.67. The van der Waals surface area contributed by atoms with E-state index in [1.807, 2.05) is 66.7 Å². The number of furan rings is 1. The van der Waals surface area contributed by atoms with E-state index >= 15 is 0 Å². The number of para-hydroxylation sites is 1. The van der Waals surface area contributed by atoms with Gasteiger partial charge in [0.1, 0.15) is 18.1 Å². The van der Waals surface area contributed by atoms with Crippen LogP contribution in [-0.4, -0.2) is 30.4 Å². The number of rotatable bonds is 8. The van der Waals surface area contributed by atoms with Crippen LogP contribution in [0.5, 0.6) is 5.75 Å². The molecule has 5 nitrogen and oxygen atoms in total. The Bertz CT molecular complexity index is 901. The summed E-state index contributed by atoms with van der Waals surface area (Å²) in [6, 6.07) is 21.3. The van der Waals surface area contributed by atoms with Crippen LogP contribution in [0.25, 0.3) is 0 Å². The second-order valence-electron chi connectivity index (χ2n) is 7.64. The zero-order valence-electron chi connectivity index (χ0n) is 17.1. The number of carbonyl (C=O) groups excluding carboxylic acids is 1. The molecule has 1 aromatic heterocycles. The Balaban J connectivity index is 1.33. The summed E-state index contributed by atoms with van der Waals surface area (Å²) in [5, 5.41) is 3.09. The molecule has 1 aliphatic heterocycles. The van der Waals surface area contributed by atoms with E-state index < -0.39 is 0 Å². The molecular formula is C25H28N2O3. The quantitative estimate of drug-likeness (QED) is 0.585. The number of likely N-dealkylation sites (tertiary alicyclic amines) is 1. The monoisotopic (exact) mass is 404 g/mol. The van der Waals surface area contributed by atoms with Crippen molar-refractivity contribution in [2.75, 3.05) is 19.6 Å². The molecule has 3 aromatic rings. The van der Waals surface area contributed by atoms with Crippen LogP contribution < -0.4 is 10.1 Å². The maximum Gasteiger partial charge on any atom is 0.251 e. The number of amides is 1. The van der Waals surface area contributed by atoms with Crippen molar-refractivity contribution in [1.82, 2.24) is 10.2 Å². The van der Waals surface area contributed by atoms with Gasteiger partial charge in [0, 0.05) is 12.1 Å². The first-order valence-corrected chi connectivity index (χ1v) is 10.6. The summed E-state index contributed by atoms with van der Waals surface area (Å²) in [6.07, 6.45) is 5.35. The minimum absolute atomic E-state index is 0.0703. The molecule has 0 spiro atoms. The van der Waals surface area contributed by atoms with Gasteiger partial charge in [0.05, 0.1) is 12.3 Å². The van der Waals surface area contributed by atoms with Crippen LogP contribution in [0.3, 0.4) is 0 Å². The molecule has 156 valence electrons. The smallest absolute Gasteiger partial charge is 0.251 e. The number of nitrogens with one attached hydrogen (secondary N) is 1. The lowest BCUT2D eigenvalue weighted by atomic mass is 10.1. The number of carbonyl (C=O) groups is 1. The standard InChI is InChI=1S/C25H28N2O3/c28-25(21-13-11-20(12-14-21)19-30-22-8-3-1-4-9-22)26-18-23(24-10-7-17-29-24)27-15-5-2-6-16-27/h1,3-4,7-14,17,23H,2,5-6,15-16,18-19H2,(H,26,28)/t23-/m1/s1. The SMILES string of the molecule is O=C(NC[C@H](c1ccco1)N1CCCCC1)c1ccc(COc2ccccc2)cc1. The molecule has 0 unspecified atom stereocenters. The molecule has 30 heavy (non-hydrogen) atoms. The van der Waals surface area contributed by atoms with Gasteiger partial charge in [0.2, 0.25) is 0 Å². The lowest BCUT2D eigenvalue weighted by molar-refractivity contribution is 0.0914. The van der Waals surface area contributed by atoms with Gasteiger partial charge in [0.25, 0.3) is 5.91 Å². The topological polar surface area (TPSA) is 54.7 Å². The third-order valence-corrected chi connectivity index (χ3v) is 5.52. The van der Waals surface area contributed by atoms with Crippen molar-refractivity contribution in [2.45, 2.75) is 31.9 Å². The van der Waals surface area contributed by atoms with Gasteiger partial charge < -0.3 is 14.5 Å². The van der Waals surface area contributed by atoms with Crippen molar-refractivity contribution >= 4 is 5.91 Å². The molecule has 0 radical (unpaired) electrons. The molecule has 1 fully saturated rings. The molecule has 0 aliphatic carbocycles. The van der Waals surface area contributed by atoms with Crippen LogP contribution in [0.2, 0.25) is 0 Å². The average Bonchev–Trinajstić information content (AvgIpc) is 3.34. The predicted molar refractivity (Wildman–Crippen MR) is 116 cm³/mol. The molecule has 2 aromatic carbocycles. The summed E-state index contributed by atoms with van der Waals surface area (Å²) >= 11 is 0. The number of hydrogen-bond acceptors (Lipinski definition) is 4. The normalized spacial score (nSPS) is 15.5. The molecule has 4 rings (SSSR count).